The highest BCUT2D eigenvalue weighted by Gasteiger charge is 2.28. The van der Waals surface area contributed by atoms with Crippen LogP contribution in [0.1, 0.15) is 31.2 Å². The standard InChI is InChI=1S/C20H31N3OS/c24-20(21-11-6-10-18-8-2-1-3-9-18)23-14-7-15-25-17-19(23)16-22-12-4-5-13-22/h1-3,8-9,19H,4-7,10-17H2,(H,21,24). The summed E-state index contributed by atoms with van der Waals surface area (Å²) in [6, 6.07) is 11.0. The molecule has 2 amide bonds. The summed E-state index contributed by atoms with van der Waals surface area (Å²) in [4.78, 5) is 17.4. The van der Waals surface area contributed by atoms with Crippen LogP contribution in [0.3, 0.4) is 0 Å². The summed E-state index contributed by atoms with van der Waals surface area (Å²) in [5, 5.41) is 3.16. The number of carbonyl (C=O) groups excluding carboxylic acids is 1. The fourth-order valence-corrected chi connectivity index (χ4v) is 4.80. The third kappa shape index (κ3) is 5.93. The summed E-state index contributed by atoms with van der Waals surface area (Å²) in [5.41, 5.74) is 1.34. The Morgan fingerprint density at radius 1 is 1.12 bits per heavy atom. The van der Waals surface area contributed by atoms with Crippen LogP contribution in [0.15, 0.2) is 30.3 Å². The SMILES string of the molecule is O=C(NCCCc1ccccc1)N1CCCSCC1CN1CCCC1. The molecule has 2 saturated heterocycles. The van der Waals surface area contributed by atoms with E-state index in [9.17, 15) is 4.79 Å². The van der Waals surface area contributed by atoms with Crippen LogP contribution in [0.5, 0.6) is 0 Å². The van der Waals surface area contributed by atoms with Crippen molar-refractivity contribution in [2.45, 2.75) is 38.1 Å². The Morgan fingerprint density at radius 3 is 2.72 bits per heavy atom. The third-order valence-corrected chi connectivity index (χ3v) is 6.33. The molecule has 1 N–H and O–H groups in total. The van der Waals surface area contributed by atoms with E-state index in [0.29, 0.717) is 6.04 Å². The number of amides is 2. The number of nitrogens with zero attached hydrogens (tertiary/aromatic N) is 2. The van der Waals surface area contributed by atoms with E-state index in [1.807, 2.05) is 17.8 Å². The molecule has 2 aliphatic heterocycles. The van der Waals surface area contributed by atoms with E-state index in [0.717, 1.165) is 44.6 Å². The minimum atomic E-state index is 0.139. The lowest BCUT2D eigenvalue weighted by atomic mass is 10.1. The molecule has 0 bridgehead atoms. The number of benzene rings is 1. The van der Waals surface area contributed by atoms with Gasteiger partial charge in [-0.05, 0) is 56.5 Å². The molecule has 0 saturated carbocycles. The average Bonchev–Trinajstić information content (AvgIpc) is 3.04. The summed E-state index contributed by atoms with van der Waals surface area (Å²) >= 11 is 2.01. The molecular weight excluding hydrogens is 330 g/mol. The molecule has 0 radical (unpaired) electrons. The van der Waals surface area contributed by atoms with Gasteiger partial charge in [0.05, 0.1) is 6.04 Å². The highest BCUT2D eigenvalue weighted by atomic mass is 32.2. The monoisotopic (exact) mass is 361 g/mol. The molecule has 5 heteroatoms. The van der Waals surface area contributed by atoms with Crippen molar-refractivity contribution in [3.05, 3.63) is 35.9 Å². The van der Waals surface area contributed by atoms with Crippen LogP contribution in [-0.2, 0) is 6.42 Å². The Morgan fingerprint density at radius 2 is 1.92 bits per heavy atom. The van der Waals surface area contributed by atoms with Crippen molar-refractivity contribution in [1.82, 2.24) is 15.1 Å². The van der Waals surface area contributed by atoms with E-state index in [1.54, 1.807) is 0 Å². The van der Waals surface area contributed by atoms with E-state index in [2.05, 4.69) is 39.4 Å². The zero-order valence-corrected chi connectivity index (χ0v) is 16.0. The second-order valence-corrected chi connectivity index (χ2v) is 8.25. The van der Waals surface area contributed by atoms with Crippen LogP contribution in [-0.4, -0.2) is 66.1 Å². The van der Waals surface area contributed by atoms with Gasteiger partial charge in [-0.3, -0.25) is 0 Å². The smallest absolute Gasteiger partial charge is 0.317 e. The molecule has 2 aliphatic rings. The number of carbonyl (C=O) groups is 1. The number of likely N-dealkylation sites (tertiary alicyclic amines) is 1. The molecule has 0 spiro atoms. The molecule has 1 aromatic rings. The third-order valence-electron chi connectivity index (χ3n) is 5.13. The molecule has 138 valence electrons. The minimum absolute atomic E-state index is 0.139. The first-order valence-corrected chi connectivity index (χ1v) is 10.9. The van der Waals surface area contributed by atoms with Gasteiger partial charge in [0, 0.05) is 25.4 Å². The van der Waals surface area contributed by atoms with Crippen LogP contribution >= 0.6 is 11.8 Å². The van der Waals surface area contributed by atoms with Gasteiger partial charge in [0.2, 0.25) is 0 Å². The summed E-state index contributed by atoms with van der Waals surface area (Å²) in [6.07, 6.45) is 5.75. The molecule has 0 aromatic heterocycles. The number of urea groups is 1. The molecule has 25 heavy (non-hydrogen) atoms. The van der Waals surface area contributed by atoms with Crippen LogP contribution in [0, 0.1) is 0 Å². The van der Waals surface area contributed by atoms with Gasteiger partial charge in [-0.15, -0.1) is 0 Å². The molecule has 1 atom stereocenters. The Bertz CT molecular complexity index is 519. The van der Waals surface area contributed by atoms with E-state index in [1.165, 1.54) is 37.2 Å². The van der Waals surface area contributed by atoms with Crippen molar-refractivity contribution < 1.29 is 4.79 Å². The molecule has 2 heterocycles. The summed E-state index contributed by atoms with van der Waals surface area (Å²) in [6.45, 7) is 5.11. The minimum Gasteiger partial charge on any atom is -0.338 e. The van der Waals surface area contributed by atoms with E-state index >= 15 is 0 Å². The molecule has 0 aliphatic carbocycles. The van der Waals surface area contributed by atoms with Crippen molar-refractivity contribution in [1.29, 1.82) is 0 Å². The predicted octanol–water partition coefficient (Wildman–Crippen LogP) is 3.23. The molecule has 3 rings (SSSR count). The first kappa shape index (κ1) is 18.6. The Labute approximate surface area is 156 Å². The van der Waals surface area contributed by atoms with Crippen molar-refractivity contribution in [2.75, 3.05) is 44.2 Å². The number of hydrogen-bond donors (Lipinski definition) is 1. The Hall–Kier alpha value is -1.20. The average molecular weight is 362 g/mol. The van der Waals surface area contributed by atoms with Gasteiger partial charge >= 0.3 is 6.03 Å². The second-order valence-electron chi connectivity index (χ2n) is 7.10. The van der Waals surface area contributed by atoms with Gasteiger partial charge in [-0.25, -0.2) is 4.79 Å². The zero-order chi connectivity index (χ0) is 17.3. The molecular formula is C20H31N3OS. The topological polar surface area (TPSA) is 35.6 Å². The lowest BCUT2D eigenvalue weighted by Gasteiger charge is -2.32. The number of rotatable bonds is 6. The molecule has 4 nitrogen and oxygen atoms in total. The number of nitrogens with one attached hydrogen (secondary N) is 1. The highest BCUT2D eigenvalue weighted by molar-refractivity contribution is 7.99. The van der Waals surface area contributed by atoms with Gasteiger partial charge < -0.3 is 15.1 Å². The quantitative estimate of drug-likeness (QED) is 0.790. The van der Waals surface area contributed by atoms with Crippen LogP contribution in [0.4, 0.5) is 4.79 Å². The number of aryl methyl sites for hydroxylation is 1. The first-order chi connectivity index (χ1) is 12.3. The molecule has 1 unspecified atom stereocenters. The Kier molecular flexibility index (Phi) is 7.49. The largest absolute Gasteiger partial charge is 0.338 e. The van der Waals surface area contributed by atoms with Crippen molar-refractivity contribution in [2.24, 2.45) is 0 Å². The lowest BCUT2D eigenvalue weighted by molar-refractivity contribution is 0.162. The van der Waals surface area contributed by atoms with Gasteiger partial charge in [0.25, 0.3) is 0 Å². The van der Waals surface area contributed by atoms with Gasteiger partial charge in [-0.1, -0.05) is 30.3 Å². The maximum Gasteiger partial charge on any atom is 0.317 e. The normalized spacial score (nSPS) is 21.9. The Balaban J connectivity index is 1.45. The van der Waals surface area contributed by atoms with E-state index < -0.39 is 0 Å². The summed E-state index contributed by atoms with van der Waals surface area (Å²) in [7, 11) is 0. The van der Waals surface area contributed by atoms with Gasteiger partial charge in [0.1, 0.15) is 0 Å². The lowest BCUT2D eigenvalue weighted by Crippen LogP contribution is -2.51. The highest BCUT2D eigenvalue weighted by Crippen LogP contribution is 2.19. The fraction of sp³-hybridized carbons (Fsp3) is 0.650. The van der Waals surface area contributed by atoms with Crippen LogP contribution < -0.4 is 5.32 Å². The van der Waals surface area contributed by atoms with E-state index in [4.69, 9.17) is 0 Å². The maximum atomic E-state index is 12.7. The van der Waals surface area contributed by atoms with E-state index in [-0.39, 0.29) is 6.03 Å². The van der Waals surface area contributed by atoms with Crippen LogP contribution in [0.25, 0.3) is 0 Å². The van der Waals surface area contributed by atoms with Crippen molar-refractivity contribution in [3.63, 3.8) is 0 Å². The van der Waals surface area contributed by atoms with Crippen molar-refractivity contribution in [3.8, 4) is 0 Å². The van der Waals surface area contributed by atoms with Gasteiger partial charge in [0.15, 0.2) is 0 Å². The first-order valence-electron chi connectivity index (χ1n) is 9.71. The fourth-order valence-electron chi connectivity index (χ4n) is 3.74. The summed E-state index contributed by atoms with van der Waals surface area (Å²) in [5.74, 6) is 2.25. The van der Waals surface area contributed by atoms with Crippen molar-refractivity contribution >= 4 is 17.8 Å². The van der Waals surface area contributed by atoms with Crippen LogP contribution in [0.2, 0.25) is 0 Å². The zero-order valence-electron chi connectivity index (χ0n) is 15.2. The summed E-state index contributed by atoms with van der Waals surface area (Å²) < 4.78 is 0. The van der Waals surface area contributed by atoms with Gasteiger partial charge in [-0.2, -0.15) is 11.8 Å². The number of hydrogen-bond acceptors (Lipinski definition) is 3. The maximum absolute atomic E-state index is 12.7. The molecule has 2 fully saturated rings. The second kappa shape index (κ2) is 10.1. The number of thioether (sulfide) groups is 1. The molecule has 1 aromatic carbocycles. The predicted molar refractivity (Wildman–Crippen MR) is 106 cm³/mol.